The van der Waals surface area contributed by atoms with Crippen molar-refractivity contribution in [2.24, 2.45) is 0 Å². The van der Waals surface area contributed by atoms with Crippen LogP contribution in [0, 0.1) is 0 Å². The summed E-state index contributed by atoms with van der Waals surface area (Å²) in [7, 11) is 1.39. The molecule has 0 aliphatic rings. The van der Waals surface area contributed by atoms with Gasteiger partial charge in [0.05, 0.1) is 7.11 Å². The van der Waals surface area contributed by atoms with Crippen molar-refractivity contribution in [3.63, 3.8) is 0 Å². The molecule has 14 heavy (non-hydrogen) atoms. The van der Waals surface area contributed by atoms with E-state index in [0.717, 1.165) is 19.3 Å². The molecule has 2 nitrogen and oxygen atoms in total. The standard InChI is InChI=1S/C12H20O2/c1-3-4-5-6-7-8-9-10-11-12(13)14-2/h3-4,10-11H,5-9H2,1-2H3. The molecular formula is C12H20O2. The maximum Gasteiger partial charge on any atom is 0.330 e. The molecule has 0 N–H and O–H groups in total. The van der Waals surface area contributed by atoms with Crippen molar-refractivity contribution in [3.05, 3.63) is 24.3 Å². The van der Waals surface area contributed by atoms with Gasteiger partial charge in [-0.3, -0.25) is 0 Å². The summed E-state index contributed by atoms with van der Waals surface area (Å²) in [6, 6.07) is 0. The fourth-order valence-corrected chi connectivity index (χ4v) is 1.12. The Bertz CT molecular complexity index is 192. The van der Waals surface area contributed by atoms with E-state index in [-0.39, 0.29) is 5.97 Å². The molecule has 0 aromatic rings. The van der Waals surface area contributed by atoms with Crippen molar-refractivity contribution in [1.29, 1.82) is 0 Å². The van der Waals surface area contributed by atoms with Crippen LogP contribution >= 0.6 is 0 Å². The van der Waals surface area contributed by atoms with E-state index in [1.807, 2.05) is 13.0 Å². The number of unbranched alkanes of at least 4 members (excludes halogenated alkanes) is 4. The molecule has 0 rings (SSSR count). The first kappa shape index (κ1) is 12.9. The van der Waals surface area contributed by atoms with Gasteiger partial charge in [0.15, 0.2) is 0 Å². The van der Waals surface area contributed by atoms with Gasteiger partial charge in [0, 0.05) is 6.08 Å². The Balaban J connectivity index is 3.21. The highest BCUT2D eigenvalue weighted by Crippen LogP contribution is 2.04. The van der Waals surface area contributed by atoms with Crippen molar-refractivity contribution < 1.29 is 9.53 Å². The SMILES string of the molecule is CC=CCCCCCC=CC(=O)OC. The minimum atomic E-state index is -0.265. The molecule has 0 aliphatic heterocycles. The average molecular weight is 196 g/mol. The molecule has 0 unspecified atom stereocenters. The summed E-state index contributed by atoms with van der Waals surface area (Å²) in [6.07, 6.45) is 13.4. The van der Waals surface area contributed by atoms with Gasteiger partial charge in [-0.1, -0.05) is 24.6 Å². The van der Waals surface area contributed by atoms with Crippen LogP contribution in [0.25, 0.3) is 0 Å². The topological polar surface area (TPSA) is 26.3 Å². The number of carbonyl (C=O) groups is 1. The van der Waals surface area contributed by atoms with Crippen LogP contribution in [0.4, 0.5) is 0 Å². The van der Waals surface area contributed by atoms with Gasteiger partial charge >= 0.3 is 5.97 Å². The van der Waals surface area contributed by atoms with Crippen molar-refractivity contribution in [2.75, 3.05) is 7.11 Å². The average Bonchev–Trinajstić information content (AvgIpc) is 2.21. The first-order valence-corrected chi connectivity index (χ1v) is 5.17. The molecule has 0 bridgehead atoms. The number of ether oxygens (including phenoxy) is 1. The normalized spacial score (nSPS) is 11.3. The van der Waals surface area contributed by atoms with E-state index in [1.165, 1.54) is 26.0 Å². The summed E-state index contributed by atoms with van der Waals surface area (Å²) in [4.78, 5) is 10.7. The molecular weight excluding hydrogens is 176 g/mol. The number of rotatable bonds is 7. The lowest BCUT2D eigenvalue weighted by Gasteiger charge is -1.94. The van der Waals surface area contributed by atoms with Crippen molar-refractivity contribution in [2.45, 2.75) is 39.0 Å². The van der Waals surface area contributed by atoms with Crippen LogP contribution in [-0.2, 0) is 9.53 Å². The van der Waals surface area contributed by atoms with E-state index in [0.29, 0.717) is 0 Å². The fraction of sp³-hybridized carbons (Fsp3) is 0.583. The summed E-state index contributed by atoms with van der Waals surface area (Å²) in [5, 5.41) is 0. The van der Waals surface area contributed by atoms with Crippen LogP contribution in [0.2, 0.25) is 0 Å². The van der Waals surface area contributed by atoms with Gasteiger partial charge in [-0.25, -0.2) is 4.79 Å². The molecule has 0 atom stereocenters. The number of hydrogen-bond acceptors (Lipinski definition) is 2. The predicted molar refractivity (Wildman–Crippen MR) is 59.1 cm³/mol. The summed E-state index contributed by atoms with van der Waals surface area (Å²) in [6.45, 7) is 2.04. The second-order valence-electron chi connectivity index (χ2n) is 3.13. The summed E-state index contributed by atoms with van der Waals surface area (Å²) in [5.74, 6) is -0.265. The summed E-state index contributed by atoms with van der Waals surface area (Å²) < 4.78 is 4.47. The van der Waals surface area contributed by atoms with Gasteiger partial charge < -0.3 is 4.74 Å². The molecule has 0 saturated heterocycles. The molecule has 0 radical (unpaired) electrons. The van der Waals surface area contributed by atoms with Crippen molar-refractivity contribution in [1.82, 2.24) is 0 Å². The molecule has 0 aromatic heterocycles. The summed E-state index contributed by atoms with van der Waals surface area (Å²) in [5.41, 5.74) is 0. The Hall–Kier alpha value is -1.05. The highest BCUT2D eigenvalue weighted by atomic mass is 16.5. The number of esters is 1. The Morgan fingerprint density at radius 3 is 2.36 bits per heavy atom. The smallest absolute Gasteiger partial charge is 0.330 e. The molecule has 2 heteroatoms. The largest absolute Gasteiger partial charge is 0.466 e. The number of hydrogen-bond donors (Lipinski definition) is 0. The molecule has 0 saturated carbocycles. The molecule has 0 heterocycles. The minimum Gasteiger partial charge on any atom is -0.466 e. The maximum absolute atomic E-state index is 10.7. The Kier molecular flexibility index (Phi) is 9.28. The van der Waals surface area contributed by atoms with Crippen molar-refractivity contribution >= 4 is 5.97 Å². The fourth-order valence-electron chi connectivity index (χ4n) is 1.12. The lowest BCUT2D eigenvalue weighted by atomic mass is 10.1. The number of carbonyl (C=O) groups excluding carboxylic acids is 1. The molecule has 0 amide bonds. The van der Waals surface area contributed by atoms with Crippen LogP contribution in [0.15, 0.2) is 24.3 Å². The third kappa shape index (κ3) is 9.04. The van der Waals surface area contributed by atoms with E-state index in [9.17, 15) is 4.79 Å². The highest BCUT2D eigenvalue weighted by Gasteiger charge is 1.89. The van der Waals surface area contributed by atoms with E-state index < -0.39 is 0 Å². The second-order valence-corrected chi connectivity index (χ2v) is 3.13. The molecule has 0 aromatic carbocycles. The molecule has 80 valence electrons. The van der Waals surface area contributed by atoms with Crippen molar-refractivity contribution in [3.8, 4) is 0 Å². The van der Waals surface area contributed by atoms with E-state index in [2.05, 4.69) is 16.9 Å². The maximum atomic E-state index is 10.7. The molecule has 0 fully saturated rings. The molecule has 0 aliphatic carbocycles. The van der Waals surface area contributed by atoms with Gasteiger partial charge in [-0.15, -0.1) is 0 Å². The van der Waals surface area contributed by atoms with E-state index >= 15 is 0 Å². The minimum absolute atomic E-state index is 0.265. The van der Waals surface area contributed by atoms with Crippen LogP contribution in [0.5, 0.6) is 0 Å². The van der Waals surface area contributed by atoms with E-state index in [1.54, 1.807) is 0 Å². The Morgan fingerprint density at radius 1 is 1.14 bits per heavy atom. The highest BCUT2D eigenvalue weighted by molar-refractivity contribution is 5.81. The Morgan fingerprint density at radius 2 is 1.79 bits per heavy atom. The van der Waals surface area contributed by atoms with Gasteiger partial charge in [-0.2, -0.15) is 0 Å². The van der Waals surface area contributed by atoms with Crippen LogP contribution in [0.3, 0.4) is 0 Å². The summed E-state index contributed by atoms with van der Waals surface area (Å²) >= 11 is 0. The third-order valence-electron chi connectivity index (χ3n) is 1.93. The van der Waals surface area contributed by atoms with Gasteiger partial charge in [0.1, 0.15) is 0 Å². The van der Waals surface area contributed by atoms with Gasteiger partial charge in [-0.05, 0) is 32.6 Å². The zero-order valence-corrected chi connectivity index (χ0v) is 9.16. The van der Waals surface area contributed by atoms with E-state index in [4.69, 9.17) is 0 Å². The zero-order chi connectivity index (χ0) is 10.6. The molecule has 0 spiro atoms. The third-order valence-corrected chi connectivity index (χ3v) is 1.93. The van der Waals surface area contributed by atoms with Crippen LogP contribution < -0.4 is 0 Å². The lowest BCUT2D eigenvalue weighted by Crippen LogP contribution is -1.93. The second kappa shape index (κ2) is 10.0. The number of allylic oxidation sites excluding steroid dienone is 3. The first-order valence-electron chi connectivity index (χ1n) is 5.17. The lowest BCUT2D eigenvalue weighted by molar-refractivity contribution is -0.134. The van der Waals surface area contributed by atoms with Gasteiger partial charge in [0.2, 0.25) is 0 Å². The monoisotopic (exact) mass is 196 g/mol. The predicted octanol–water partition coefficient (Wildman–Crippen LogP) is 3.24. The van der Waals surface area contributed by atoms with Crippen LogP contribution in [-0.4, -0.2) is 13.1 Å². The van der Waals surface area contributed by atoms with Crippen LogP contribution in [0.1, 0.15) is 39.0 Å². The zero-order valence-electron chi connectivity index (χ0n) is 9.16. The van der Waals surface area contributed by atoms with Gasteiger partial charge in [0.25, 0.3) is 0 Å². The number of methoxy groups -OCH3 is 1. The Labute approximate surface area is 86.6 Å². The quantitative estimate of drug-likeness (QED) is 0.270. The first-order chi connectivity index (χ1) is 6.81.